The molecule has 17 heavy (non-hydrogen) atoms. The molecule has 1 rings (SSSR count). The second kappa shape index (κ2) is 7.33. The maximum Gasteiger partial charge on any atom is 0.119 e. The Kier molecular flexibility index (Phi) is 6.06. The lowest BCUT2D eigenvalue weighted by molar-refractivity contribution is 0.308. The van der Waals surface area contributed by atoms with Gasteiger partial charge < -0.3 is 10.1 Å². The number of nitrogens with one attached hydrogen (secondary N) is 1. The van der Waals surface area contributed by atoms with Gasteiger partial charge in [-0.2, -0.15) is 0 Å². The summed E-state index contributed by atoms with van der Waals surface area (Å²) in [6.07, 6.45) is 2.29. The quantitative estimate of drug-likeness (QED) is 0.723. The summed E-state index contributed by atoms with van der Waals surface area (Å²) < 4.78 is 5.71. The van der Waals surface area contributed by atoms with Crippen LogP contribution in [0.1, 0.15) is 52.1 Å². The van der Waals surface area contributed by atoms with Gasteiger partial charge in [0.25, 0.3) is 0 Å². The second-order valence-corrected chi connectivity index (χ2v) is 4.82. The van der Waals surface area contributed by atoms with Gasteiger partial charge in [0.05, 0.1) is 6.61 Å². The third-order valence-corrected chi connectivity index (χ3v) is 2.71. The molecule has 0 saturated heterocycles. The van der Waals surface area contributed by atoms with E-state index in [4.69, 9.17) is 4.74 Å². The summed E-state index contributed by atoms with van der Waals surface area (Å²) in [6.45, 7) is 9.50. The number of hydrogen-bond acceptors (Lipinski definition) is 2. The summed E-state index contributed by atoms with van der Waals surface area (Å²) in [6, 6.07) is 9.23. The van der Waals surface area contributed by atoms with Crippen molar-refractivity contribution in [2.24, 2.45) is 0 Å². The van der Waals surface area contributed by atoms with Crippen LogP contribution < -0.4 is 10.1 Å². The van der Waals surface area contributed by atoms with Crippen LogP contribution in [0.15, 0.2) is 24.3 Å². The minimum atomic E-state index is 0.365. The van der Waals surface area contributed by atoms with Gasteiger partial charge in [-0.1, -0.05) is 39.3 Å². The van der Waals surface area contributed by atoms with Crippen LogP contribution >= 0.6 is 0 Å². The minimum Gasteiger partial charge on any atom is -0.494 e. The lowest BCUT2D eigenvalue weighted by atomic mass is 10.1. The summed E-state index contributed by atoms with van der Waals surface area (Å²) >= 11 is 0. The van der Waals surface area contributed by atoms with Crippen LogP contribution in [0.3, 0.4) is 0 Å². The molecule has 0 bridgehead atoms. The fraction of sp³-hybridized carbons (Fsp3) is 0.600. The summed E-state index contributed by atoms with van der Waals surface area (Å²) in [7, 11) is 0. The molecule has 0 amide bonds. The number of ether oxygens (including phenoxy) is 1. The summed E-state index contributed by atoms with van der Waals surface area (Å²) in [5.74, 6) is 0.980. The van der Waals surface area contributed by atoms with E-state index in [9.17, 15) is 0 Å². The van der Waals surface area contributed by atoms with E-state index in [-0.39, 0.29) is 0 Å². The molecule has 0 heterocycles. The number of benzene rings is 1. The average Bonchev–Trinajstić information content (AvgIpc) is 2.29. The zero-order valence-electron chi connectivity index (χ0n) is 11.5. The molecule has 0 spiro atoms. The van der Waals surface area contributed by atoms with Crippen LogP contribution in [-0.2, 0) is 0 Å². The van der Waals surface area contributed by atoms with Crippen LogP contribution in [0.4, 0.5) is 0 Å². The van der Waals surface area contributed by atoms with E-state index in [1.807, 2.05) is 6.07 Å². The highest BCUT2D eigenvalue weighted by Gasteiger charge is 2.07. The summed E-state index contributed by atoms with van der Waals surface area (Å²) in [5.41, 5.74) is 1.28. The maximum atomic E-state index is 5.71. The normalized spacial score (nSPS) is 12.8. The Morgan fingerprint density at radius 3 is 2.65 bits per heavy atom. The van der Waals surface area contributed by atoms with Crippen molar-refractivity contribution in [3.63, 3.8) is 0 Å². The predicted molar refractivity (Wildman–Crippen MR) is 73.5 cm³/mol. The molecule has 0 radical (unpaired) electrons. The highest BCUT2D eigenvalue weighted by molar-refractivity contribution is 5.30. The van der Waals surface area contributed by atoms with Crippen LogP contribution in [-0.4, -0.2) is 12.6 Å². The third kappa shape index (κ3) is 5.22. The highest BCUT2D eigenvalue weighted by atomic mass is 16.5. The van der Waals surface area contributed by atoms with E-state index in [1.54, 1.807) is 0 Å². The Hall–Kier alpha value is -1.02. The molecule has 0 aliphatic carbocycles. The van der Waals surface area contributed by atoms with Gasteiger partial charge >= 0.3 is 0 Å². The third-order valence-electron chi connectivity index (χ3n) is 2.71. The first kappa shape index (κ1) is 14.0. The largest absolute Gasteiger partial charge is 0.494 e. The average molecular weight is 235 g/mol. The van der Waals surface area contributed by atoms with Crippen molar-refractivity contribution >= 4 is 0 Å². The monoisotopic (exact) mass is 235 g/mol. The molecule has 0 saturated carbocycles. The molecule has 96 valence electrons. The van der Waals surface area contributed by atoms with E-state index in [0.29, 0.717) is 12.1 Å². The lowest BCUT2D eigenvalue weighted by Crippen LogP contribution is -2.25. The molecule has 1 atom stereocenters. The van der Waals surface area contributed by atoms with Crippen molar-refractivity contribution in [3.8, 4) is 5.75 Å². The van der Waals surface area contributed by atoms with Crippen LogP contribution in [0, 0.1) is 0 Å². The second-order valence-electron chi connectivity index (χ2n) is 4.82. The molecular formula is C15H25NO. The highest BCUT2D eigenvalue weighted by Crippen LogP contribution is 2.19. The Morgan fingerprint density at radius 1 is 1.24 bits per heavy atom. The smallest absolute Gasteiger partial charge is 0.119 e. The Morgan fingerprint density at radius 2 is 2.00 bits per heavy atom. The molecule has 1 aromatic carbocycles. The van der Waals surface area contributed by atoms with Crippen molar-refractivity contribution in [2.75, 3.05) is 6.61 Å². The molecule has 2 heteroatoms. The van der Waals surface area contributed by atoms with E-state index in [2.05, 4.69) is 51.2 Å². The Balaban J connectivity index is 2.58. The lowest BCUT2D eigenvalue weighted by Gasteiger charge is -2.18. The number of rotatable bonds is 7. The molecule has 0 fully saturated rings. The van der Waals surface area contributed by atoms with Crippen molar-refractivity contribution in [1.82, 2.24) is 5.32 Å². The van der Waals surface area contributed by atoms with Crippen molar-refractivity contribution in [1.29, 1.82) is 0 Å². The zero-order chi connectivity index (χ0) is 12.7. The summed E-state index contributed by atoms with van der Waals surface area (Å²) in [4.78, 5) is 0. The van der Waals surface area contributed by atoms with Crippen LogP contribution in [0.5, 0.6) is 5.75 Å². The van der Waals surface area contributed by atoms with Gasteiger partial charge in [-0.05, 0) is 31.0 Å². The Bertz CT molecular complexity index is 322. The van der Waals surface area contributed by atoms with Crippen molar-refractivity contribution in [2.45, 2.75) is 52.6 Å². The van der Waals surface area contributed by atoms with Crippen molar-refractivity contribution < 1.29 is 4.74 Å². The molecule has 0 aliphatic heterocycles. The predicted octanol–water partition coefficient (Wildman–Crippen LogP) is 3.92. The minimum absolute atomic E-state index is 0.365. The fourth-order valence-corrected chi connectivity index (χ4v) is 1.80. The van der Waals surface area contributed by atoms with Gasteiger partial charge in [0.2, 0.25) is 0 Å². The van der Waals surface area contributed by atoms with E-state index < -0.39 is 0 Å². The van der Waals surface area contributed by atoms with Crippen LogP contribution in [0.25, 0.3) is 0 Å². The molecule has 1 N–H and O–H groups in total. The van der Waals surface area contributed by atoms with Gasteiger partial charge in [-0.15, -0.1) is 0 Å². The van der Waals surface area contributed by atoms with Gasteiger partial charge in [0.1, 0.15) is 5.75 Å². The summed E-state index contributed by atoms with van der Waals surface area (Å²) in [5, 5.41) is 3.50. The van der Waals surface area contributed by atoms with Gasteiger partial charge in [-0.25, -0.2) is 0 Å². The van der Waals surface area contributed by atoms with Crippen LogP contribution in [0.2, 0.25) is 0 Å². The molecule has 0 aromatic heterocycles. The number of hydrogen-bond donors (Lipinski definition) is 1. The molecule has 2 nitrogen and oxygen atoms in total. The van der Waals surface area contributed by atoms with Gasteiger partial charge in [0, 0.05) is 12.1 Å². The Labute approximate surface area is 105 Å². The first-order valence-corrected chi connectivity index (χ1v) is 6.62. The van der Waals surface area contributed by atoms with Gasteiger partial charge in [0.15, 0.2) is 0 Å². The molecule has 1 aromatic rings. The molecule has 0 aliphatic rings. The van der Waals surface area contributed by atoms with Crippen molar-refractivity contribution in [3.05, 3.63) is 29.8 Å². The number of unbranched alkanes of at least 4 members (excludes halogenated alkanes) is 1. The molecular weight excluding hydrogens is 210 g/mol. The standard InChI is InChI=1S/C15H25NO/c1-5-6-10-17-15-9-7-8-14(11-15)13(4)16-12(2)3/h7-9,11-13,16H,5-6,10H2,1-4H3/t13-/m0/s1. The zero-order valence-corrected chi connectivity index (χ0v) is 11.5. The SMILES string of the molecule is CCCCOc1cccc([C@H](C)NC(C)C)c1. The first-order chi connectivity index (χ1) is 8.13. The molecule has 0 unspecified atom stereocenters. The van der Waals surface area contributed by atoms with E-state index in [1.165, 1.54) is 12.0 Å². The topological polar surface area (TPSA) is 21.3 Å². The fourth-order valence-electron chi connectivity index (χ4n) is 1.80. The van der Waals surface area contributed by atoms with Gasteiger partial charge in [-0.3, -0.25) is 0 Å². The van der Waals surface area contributed by atoms with E-state index in [0.717, 1.165) is 18.8 Å². The first-order valence-electron chi connectivity index (χ1n) is 6.62. The maximum absolute atomic E-state index is 5.71. The van der Waals surface area contributed by atoms with E-state index >= 15 is 0 Å².